The molecule has 154 valence electrons. The van der Waals surface area contributed by atoms with Gasteiger partial charge in [0.05, 0.1) is 17.4 Å². The van der Waals surface area contributed by atoms with Gasteiger partial charge in [-0.1, -0.05) is 25.0 Å². The molecule has 4 rings (SSSR count). The van der Waals surface area contributed by atoms with Gasteiger partial charge in [0, 0.05) is 5.69 Å². The lowest BCUT2D eigenvalue weighted by Crippen LogP contribution is -2.38. The summed E-state index contributed by atoms with van der Waals surface area (Å²) in [5, 5.41) is 2.98. The highest BCUT2D eigenvalue weighted by Crippen LogP contribution is 2.45. The van der Waals surface area contributed by atoms with Gasteiger partial charge in [-0.25, -0.2) is 8.42 Å². The number of rotatable bonds is 5. The Morgan fingerprint density at radius 2 is 1.66 bits per heavy atom. The Balaban J connectivity index is 1.61. The quantitative estimate of drug-likeness (QED) is 0.780. The van der Waals surface area contributed by atoms with Crippen LogP contribution in [0.1, 0.15) is 31.2 Å². The summed E-state index contributed by atoms with van der Waals surface area (Å²) in [5.74, 6) is 1.28. The van der Waals surface area contributed by atoms with E-state index in [0.29, 0.717) is 36.1 Å². The van der Waals surface area contributed by atoms with Gasteiger partial charge < -0.3 is 14.8 Å². The molecule has 0 aromatic heterocycles. The second kappa shape index (κ2) is 7.59. The fraction of sp³-hybridized carbons (Fsp3) is 0.381. The number of carbonyl (C=O) groups excluding carboxylic acids is 1. The molecule has 1 heterocycles. The van der Waals surface area contributed by atoms with E-state index >= 15 is 0 Å². The minimum absolute atomic E-state index is 0.0943. The normalized spacial score (nSPS) is 17.6. The summed E-state index contributed by atoms with van der Waals surface area (Å²) in [6.07, 6.45) is 4.53. The molecule has 2 aromatic carbocycles. The second-order valence-electron chi connectivity index (χ2n) is 7.56. The minimum atomic E-state index is -3.39. The molecule has 2 aliphatic rings. The van der Waals surface area contributed by atoms with Crippen LogP contribution >= 0.6 is 0 Å². The van der Waals surface area contributed by atoms with E-state index in [1.807, 2.05) is 18.2 Å². The number of carbonyl (C=O) groups is 1. The molecule has 8 heteroatoms. The molecule has 0 radical (unpaired) electrons. The summed E-state index contributed by atoms with van der Waals surface area (Å²) in [5.41, 5.74) is 1.23. The van der Waals surface area contributed by atoms with Crippen LogP contribution in [0.5, 0.6) is 11.5 Å². The highest BCUT2D eigenvalue weighted by Gasteiger charge is 2.43. The summed E-state index contributed by atoms with van der Waals surface area (Å²) in [6.45, 7) is 1.02. The Kier molecular flexibility index (Phi) is 5.12. The zero-order valence-electron chi connectivity index (χ0n) is 16.2. The monoisotopic (exact) mass is 416 g/mol. The number of anilines is 2. The molecule has 1 amide bonds. The van der Waals surface area contributed by atoms with E-state index in [-0.39, 0.29) is 5.91 Å². The van der Waals surface area contributed by atoms with Crippen LogP contribution in [0.2, 0.25) is 0 Å². The highest BCUT2D eigenvalue weighted by atomic mass is 32.2. The SMILES string of the molecule is CS(=O)(=O)Nc1cccc(NC(=O)C2(c3ccc4c(c3)OCCO4)CCCC2)c1. The van der Waals surface area contributed by atoms with Crippen molar-refractivity contribution >= 4 is 27.3 Å². The topological polar surface area (TPSA) is 93.7 Å². The van der Waals surface area contributed by atoms with Crippen molar-refractivity contribution in [3.63, 3.8) is 0 Å². The van der Waals surface area contributed by atoms with Crippen molar-refractivity contribution in [1.29, 1.82) is 0 Å². The Bertz CT molecular complexity index is 1030. The van der Waals surface area contributed by atoms with Crippen molar-refractivity contribution in [3.8, 4) is 11.5 Å². The number of amides is 1. The lowest BCUT2D eigenvalue weighted by Gasteiger charge is -2.30. The van der Waals surface area contributed by atoms with E-state index < -0.39 is 15.4 Å². The lowest BCUT2D eigenvalue weighted by molar-refractivity contribution is -0.121. The summed E-state index contributed by atoms with van der Waals surface area (Å²) < 4.78 is 36.7. The van der Waals surface area contributed by atoms with Gasteiger partial charge in [0.25, 0.3) is 0 Å². The number of hydrogen-bond donors (Lipinski definition) is 2. The third-order valence-electron chi connectivity index (χ3n) is 5.41. The van der Waals surface area contributed by atoms with Crippen LogP contribution in [0.3, 0.4) is 0 Å². The average Bonchev–Trinajstić information content (AvgIpc) is 3.18. The third-order valence-corrected chi connectivity index (χ3v) is 6.02. The first-order chi connectivity index (χ1) is 13.9. The fourth-order valence-electron chi connectivity index (χ4n) is 4.09. The molecule has 1 aliphatic carbocycles. The predicted octanol–water partition coefficient (Wildman–Crippen LogP) is 3.28. The molecule has 0 unspecified atom stereocenters. The number of benzene rings is 2. The van der Waals surface area contributed by atoms with Crippen LogP contribution in [0.15, 0.2) is 42.5 Å². The van der Waals surface area contributed by atoms with Gasteiger partial charge in [0.1, 0.15) is 13.2 Å². The largest absolute Gasteiger partial charge is 0.486 e. The fourth-order valence-corrected chi connectivity index (χ4v) is 4.65. The van der Waals surface area contributed by atoms with Crippen molar-refractivity contribution in [2.24, 2.45) is 0 Å². The standard InChI is InChI=1S/C21H24N2O5S/c1-29(25,26)23-17-6-4-5-16(14-17)22-20(24)21(9-2-3-10-21)15-7-8-18-19(13-15)28-12-11-27-18/h4-8,13-14,23H,2-3,9-12H2,1H3,(H,22,24). The zero-order chi connectivity index (χ0) is 20.5. The first-order valence-electron chi connectivity index (χ1n) is 9.65. The van der Waals surface area contributed by atoms with E-state index in [1.54, 1.807) is 24.3 Å². The third kappa shape index (κ3) is 4.17. The molecule has 1 saturated carbocycles. The van der Waals surface area contributed by atoms with Crippen LogP contribution < -0.4 is 19.5 Å². The number of sulfonamides is 1. The Hall–Kier alpha value is -2.74. The Morgan fingerprint density at radius 3 is 2.38 bits per heavy atom. The van der Waals surface area contributed by atoms with E-state index in [1.165, 1.54) is 0 Å². The van der Waals surface area contributed by atoms with Crippen LogP contribution in [-0.2, 0) is 20.2 Å². The molecule has 7 nitrogen and oxygen atoms in total. The molecule has 2 aromatic rings. The number of fused-ring (bicyclic) bond motifs is 1. The maximum Gasteiger partial charge on any atom is 0.235 e. The molecule has 0 bridgehead atoms. The summed E-state index contributed by atoms with van der Waals surface area (Å²) in [7, 11) is -3.39. The predicted molar refractivity (Wildman–Crippen MR) is 111 cm³/mol. The van der Waals surface area contributed by atoms with Crippen LogP contribution in [0.25, 0.3) is 0 Å². The first-order valence-corrected chi connectivity index (χ1v) is 11.5. The van der Waals surface area contributed by atoms with Gasteiger partial charge in [0.15, 0.2) is 11.5 Å². The minimum Gasteiger partial charge on any atom is -0.486 e. The molecule has 1 fully saturated rings. The highest BCUT2D eigenvalue weighted by molar-refractivity contribution is 7.92. The van der Waals surface area contributed by atoms with Gasteiger partial charge in [-0.2, -0.15) is 0 Å². The molecule has 0 spiro atoms. The first kappa shape index (κ1) is 19.6. The summed E-state index contributed by atoms with van der Waals surface area (Å²) in [4.78, 5) is 13.4. The van der Waals surface area contributed by atoms with Crippen molar-refractivity contribution in [2.75, 3.05) is 29.5 Å². The molecule has 0 saturated heterocycles. The zero-order valence-corrected chi connectivity index (χ0v) is 17.1. The molecule has 2 N–H and O–H groups in total. The van der Waals surface area contributed by atoms with Crippen molar-refractivity contribution in [2.45, 2.75) is 31.1 Å². The molecular weight excluding hydrogens is 392 g/mol. The van der Waals surface area contributed by atoms with Crippen LogP contribution in [0, 0.1) is 0 Å². The number of nitrogens with one attached hydrogen (secondary N) is 2. The van der Waals surface area contributed by atoms with Crippen LogP contribution in [-0.4, -0.2) is 33.8 Å². The van der Waals surface area contributed by atoms with Gasteiger partial charge in [-0.3, -0.25) is 9.52 Å². The maximum atomic E-state index is 13.4. The number of ether oxygens (including phenoxy) is 2. The van der Waals surface area contributed by atoms with E-state index in [0.717, 1.165) is 37.5 Å². The number of hydrogen-bond acceptors (Lipinski definition) is 5. The Morgan fingerprint density at radius 1 is 0.966 bits per heavy atom. The summed E-state index contributed by atoms with van der Waals surface area (Å²) >= 11 is 0. The molecule has 1 aliphatic heterocycles. The van der Waals surface area contributed by atoms with E-state index in [4.69, 9.17) is 9.47 Å². The van der Waals surface area contributed by atoms with Crippen molar-refractivity contribution in [3.05, 3.63) is 48.0 Å². The summed E-state index contributed by atoms with van der Waals surface area (Å²) in [6, 6.07) is 12.4. The van der Waals surface area contributed by atoms with Crippen LogP contribution in [0.4, 0.5) is 11.4 Å². The van der Waals surface area contributed by atoms with Crippen molar-refractivity contribution in [1.82, 2.24) is 0 Å². The van der Waals surface area contributed by atoms with Crippen molar-refractivity contribution < 1.29 is 22.7 Å². The Labute approximate surface area is 170 Å². The molecule has 29 heavy (non-hydrogen) atoms. The van der Waals surface area contributed by atoms with Gasteiger partial charge in [-0.05, 0) is 48.7 Å². The smallest absolute Gasteiger partial charge is 0.235 e. The van der Waals surface area contributed by atoms with Gasteiger partial charge in [0.2, 0.25) is 15.9 Å². The second-order valence-corrected chi connectivity index (χ2v) is 9.31. The lowest BCUT2D eigenvalue weighted by atomic mass is 9.77. The van der Waals surface area contributed by atoms with Gasteiger partial charge in [-0.15, -0.1) is 0 Å². The average molecular weight is 416 g/mol. The molecular formula is C21H24N2O5S. The molecule has 0 atom stereocenters. The van der Waals surface area contributed by atoms with Gasteiger partial charge >= 0.3 is 0 Å². The van der Waals surface area contributed by atoms with E-state index in [9.17, 15) is 13.2 Å². The maximum absolute atomic E-state index is 13.4. The van der Waals surface area contributed by atoms with E-state index in [2.05, 4.69) is 10.0 Å².